The summed E-state index contributed by atoms with van der Waals surface area (Å²) in [6, 6.07) is 0.401. The minimum absolute atomic E-state index is 0.401. The van der Waals surface area contributed by atoms with Crippen LogP contribution in [0.2, 0.25) is 0 Å². The number of fused-ring (bicyclic) bond motifs is 1. The van der Waals surface area contributed by atoms with Gasteiger partial charge in [0.15, 0.2) is 0 Å². The molecule has 2 saturated heterocycles. The van der Waals surface area contributed by atoms with Crippen molar-refractivity contribution in [1.82, 2.24) is 25.2 Å². The summed E-state index contributed by atoms with van der Waals surface area (Å²) in [5, 5.41) is 6.61. The molecule has 158 valence electrons. The zero-order chi connectivity index (χ0) is 20.5. The largest absolute Gasteiger partial charge is 0.385 e. The average molecular weight is 409 g/mol. The molecule has 0 radical (unpaired) electrons. The van der Waals surface area contributed by atoms with E-state index in [1.165, 1.54) is 0 Å². The molecule has 2 fully saturated rings. The number of hydrogen-bond donors (Lipinski definition) is 3. The lowest BCUT2D eigenvalue weighted by molar-refractivity contribution is 0.122. The van der Waals surface area contributed by atoms with Gasteiger partial charge in [-0.05, 0) is 26.0 Å². The Hall–Kier alpha value is -2.91. The molecule has 5 heterocycles. The van der Waals surface area contributed by atoms with Gasteiger partial charge in [-0.15, -0.1) is 0 Å². The summed E-state index contributed by atoms with van der Waals surface area (Å²) in [4.78, 5) is 16.7. The third-order valence-corrected chi connectivity index (χ3v) is 5.98. The van der Waals surface area contributed by atoms with Crippen LogP contribution in [0.5, 0.6) is 0 Å². The number of pyridine rings is 1. The van der Waals surface area contributed by atoms with Crippen molar-refractivity contribution in [2.24, 2.45) is 10.7 Å². The van der Waals surface area contributed by atoms with Gasteiger partial charge in [0.1, 0.15) is 17.0 Å². The molecule has 0 aromatic carbocycles. The van der Waals surface area contributed by atoms with Crippen LogP contribution in [-0.2, 0) is 4.74 Å². The van der Waals surface area contributed by atoms with Gasteiger partial charge >= 0.3 is 0 Å². The van der Waals surface area contributed by atoms with Crippen molar-refractivity contribution in [3.63, 3.8) is 0 Å². The summed E-state index contributed by atoms with van der Waals surface area (Å²) in [7, 11) is 0. The monoisotopic (exact) mass is 408 g/mol. The number of aryl methyl sites for hydroxylation is 1. The van der Waals surface area contributed by atoms with Gasteiger partial charge in [0.25, 0.3) is 0 Å². The number of imidazole rings is 1. The van der Waals surface area contributed by atoms with Crippen molar-refractivity contribution in [3.05, 3.63) is 35.7 Å². The van der Waals surface area contributed by atoms with Gasteiger partial charge in [-0.1, -0.05) is 0 Å². The molecule has 5 rings (SSSR count). The van der Waals surface area contributed by atoms with Gasteiger partial charge in [0.05, 0.1) is 37.4 Å². The van der Waals surface area contributed by atoms with Gasteiger partial charge in [0, 0.05) is 49.2 Å². The Morgan fingerprint density at radius 2 is 2.13 bits per heavy atom. The molecule has 0 amide bonds. The van der Waals surface area contributed by atoms with Crippen molar-refractivity contribution in [2.75, 3.05) is 50.8 Å². The van der Waals surface area contributed by atoms with Crippen LogP contribution in [0.15, 0.2) is 29.4 Å². The molecule has 30 heavy (non-hydrogen) atoms. The third-order valence-electron chi connectivity index (χ3n) is 5.98. The summed E-state index contributed by atoms with van der Waals surface area (Å²) >= 11 is 0. The van der Waals surface area contributed by atoms with Crippen molar-refractivity contribution in [3.8, 4) is 0 Å². The molecule has 3 aliphatic rings. The number of nitrogens with one attached hydrogen (secondary N) is 2. The van der Waals surface area contributed by atoms with Crippen LogP contribution >= 0.6 is 0 Å². The molecule has 9 heteroatoms. The normalized spacial score (nSPS) is 22.4. The first-order valence-electron chi connectivity index (χ1n) is 10.6. The van der Waals surface area contributed by atoms with Crippen LogP contribution in [-0.4, -0.2) is 66.7 Å². The van der Waals surface area contributed by atoms with Gasteiger partial charge in [-0.3, -0.25) is 4.99 Å². The summed E-state index contributed by atoms with van der Waals surface area (Å²) in [5.41, 5.74) is 10.9. The number of hydrogen-bond acceptors (Lipinski definition) is 8. The number of ether oxygens (including phenoxy) is 1. The second-order valence-corrected chi connectivity index (χ2v) is 7.90. The highest BCUT2D eigenvalue weighted by molar-refractivity contribution is 6.13. The zero-order valence-corrected chi connectivity index (χ0v) is 17.3. The number of aliphatic imine (C=N–C) groups is 1. The molecule has 2 aromatic heterocycles. The number of anilines is 1. The fourth-order valence-corrected chi connectivity index (χ4v) is 4.38. The minimum Gasteiger partial charge on any atom is -0.385 e. The number of allylic oxidation sites excluding steroid dienone is 1. The molecule has 0 spiro atoms. The van der Waals surface area contributed by atoms with Crippen LogP contribution in [0.3, 0.4) is 0 Å². The molecule has 4 N–H and O–H groups in total. The molecule has 2 aromatic rings. The molecule has 1 unspecified atom stereocenters. The van der Waals surface area contributed by atoms with E-state index in [0.717, 1.165) is 66.3 Å². The SMILES string of the molecule is Cc1c(N2CCOCC2)nc(C2=CNC(N)=CCN=C2)c2ncn(C3CCNC3)c12. The van der Waals surface area contributed by atoms with Crippen molar-refractivity contribution in [1.29, 1.82) is 0 Å². The second kappa shape index (κ2) is 8.08. The van der Waals surface area contributed by atoms with Crippen LogP contribution < -0.4 is 21.3 Å². The highest BCUT2D eigenvalue weighted by atomic mass is 16.5. The van der Waals surface area contributed by atoms with Crippen LogP contribution in [0.1, 0.15) is 23.7 Å². The highest BCUT2D eigenvalue weighted by Gasteiger charge is 2.26. The Morgan fingerprint density at radius 1 is 1.27 bits per heavy atom. The fraction of sp³-hybridized carbons (Fsp3) is 0.476. The van der Waals surface area contributed by atoms with E-state index < -0.39 is 0 Å². The standard InChI is InChI=1S/C21H28N8O/c1-14-20-19(26-13-29(20)16-2-4-24-12-16)18(15-10-23-5-3-17(22)25-11-15)27-21(14)28-6-8-30-9-7-28/h3,10-11,13,16,24-25H,2,4-9,12,22H2,1H3. The molecular formula is C21H28N8O. The smallest absolute Gasteiger partial charge is 0.134 e. The lowest BCUT2D eigenvalue weighted by Crippen LogP contribution is -2.37. The number of nitrogens with zero attached hydrogens (tertiary/aromatic N) is 5. The van der Waals surface area contributed by atoms with Crippen molar-refractivity contribution in [2.45, 2.75) is 19.4 Å². The number of aromatic nitrogens is 3. The topological polar surface area (TPSA) is 106 Å². The van der Waals surface area contributed by atoms with Gasteiger partial charge in [-0.25, -0.2) is 9.97 Å². The van der Waals surface area contributed by atoms with Crippen molar-refractivity contribution < 1.29 is 4.74 Å². The van der Waals surface area contributed by atoms with E-state index in [4.69, 9.17) is 20.4 Å². The van der Waals surface area contributed by atoms with Gasteiger partial charge in [-0.2, -0.15) is 0 Å². The van der Waals surface area contributed by atoms with E-state index >= 15 is 0 Å². The Morgan fingerprint density at radius 3 is 2.93 bits per heavy atom. The molecule has 0 bridgehead atoms. The van der Waals surface area contributed by atoms with E-state index in [-0.39, 0.29) is 0 Å². The van der Waals surface area contributed by atoms with Crippen molar-refractivity contribution >= 4 is 28.6 Å². The third kappa shape index (κ3) is 3.44. The second-order valence-electron chi connectivity index (χ2n) is 7.90. The Balaban J connectivity index is 1.70. The van der Waals surface area contributed by atoms with E-state index in [1.807, 2.05) is 24.8 Å². The lowest BCUT2D eigenvalue weighted by Gasteiger charge is -2.30. The Labute approximate surface area is 175 Å². The Kier molecular flexibility index (Phi) is 5.14. The molecule has 0 saturated carbocycles. The number of morpholine rings is 1. The first-order valence-corrected chi connectivity index (χ1v) is 10.6. The predicted octanol–water partition coefficient (Wildman–Crippen LogP) is 0.926. The molecule has 3 aliphatic heterocycles. The summed E-state index contributed by atoms with van der Waals surface area (Å²) in [6.45, 7) is 7.78. The zero-order valence-electron chi connectivity index (χ0n) is 17.3. The lowest BCUT2D eigenvalue weighted by atomic mass is 10.1. The van der Waals surface area contributed by atoms with E-state index in [9.17, 15) is 0 Å². The highest BCUT2D eigenvalue weighted by Crippen LogP contribution is 2.34. The first-order chi connectivity index (χ1) is 14.7. The van der Waals surface area contributed by atoms with Crippen LogP contribution in [0, 0.1) is 6.92 Å². The molecule has 9 nitrogen and oxygen atoms in total. The quantitative estimate of drug-likeness (QED) is 0.694. The first kappa shape index (κ1) is 19.1. The fourth-order valence-electron chi connectivity index (χ4n) is 4.38. The van der Waals surface area contributed by atoms with Crippen LogP contribution in [0.4, 0.5) is 5.82 Å². The average Bonchev–Trinajstić information content (AvgIpc) is 3.43. The summed E-state index contributed by atoms with van der Waals surface area (Å²) in [6.07, 6.45) is 8.63. The maximum absolute atomic E-state index is 5.98. The van der Waals surface area contributed by atoms with E-state index in [0.29, 0.717) is 31.6 Å². The van der Waals surface area contributed by atoms with E-state index in [1.54, 1.807) is 0 Å². The summed E-state index contributed by atoms with van der Waals surface area (Å²) < 4.78 is 7.89. The number of rotatable bonds is 3. The van der Waals surface area contributed by atoms with Gasteiger partial charge in [0.2, 0.25) is 0 Å². The maximum atomic E-state index is 5.98. The molecule has 0 aliphatic carbocycles. The minimum atomic E-state index is 0.401. The van der Waals surface area contributed by atoms with Gasteiger partial charge < -0.3 is 30.6 Å². The van der Waals surface area contributed by atoms with Crippen LogP contribution in [0.25, 0.3) is 16.6 Å². The predicted molar refractivity (Wildman–Crippen MR) is 119 cm³/mol. The summed E-state index contributed by atoms with van der Waals surface area (Å²) in [5.74, 6) is 1.58. The maximum Gasteiger partial charge on any atom is 0.134 e. The Bertz CT molecular complexity index is 1030. The number of nitrogens with two attached hydrogens (primary N) is 1. The van der Waals surface area contributed by atoms with E-state index in [2.05, 4.69) is 32.0 Å². The molecule has 1 atom stereocenters. The molecular weight excluding hydrogens is 380 g/mol.